The standard InChI is InChI=1S/C21H31NO/c1-17-7-9-18(10-8-17)11-12-19-13-15-22(16-14-19)21(23)20-5-3-2-4-6-20/h7-10,19-20H,2-6,11-16H2,1H3. The van der Waals surface area contributed by atoms with Crippen molar-refractivity contribution in [3.63, 3.8) is 0 Å². The van der Waals surface area contributed by atoms with Crippen LogP contribution in [-0.2, 0) is 11.2 Å². The van der Waals surface area contributed by atoms with E-state index in [1.807, 2.05) is 0 Å². The number of aryl methyl sites for hydroxylation is 2. The maximum atomic E-state index is 12.6. The molecule has 0 unspecified atom stereocenters. The van der Waals surface area contributed by atoms with Gasteiger partial charge in [0.25, 0.3) is 0 Å². The number of hydrogen-bond acceptors (Lipinski definition) is 1. The third-order valence-electron chi connectivity index (χ3n) is 5.84. The molecule has 126 valence electrons. The second kappa shape index (κ2) is 7.99. The predicted molar refractivity (Wildman–Crippen MR) is 95.4 cm³/mol. The number of rotatable bonds is 4. The minimum absolute atomic E-state index is 0.341. The lowest BCUT2D eigenvalue weighted by Gasteiger charge is -2.35. The van der Waals surface area contributed by atoms with E-state index in [1.54, 1.807) is 0 Å². The molecule has 23 heavy (non-hydrogen) atoms. The Morgan fingerprint density at radius 1 is 1.00 bits per heavy atom. The zero-order valence-electron chi connectivity index (χ0n) is 14.6. The molecule has 1 aromatic carbocycles. The van der Waals surface area contributed by atoms with Crippen LogP contribution in [-0.4, -0.2) is 23.9 Å². The van der Waals surface area contributed by atoms with Gasteiger partial charge in [0.05, 0.1) is 0 Å². The van der Waals surface area contributed by atoms with Crippen LogP contribution in [0, 0.1) is 18.8 Å². The predicted octanol–water partition coefficient (Wildman–Crippen LogP) is 4.75. The van der Waals surface area contributed by atoms with Gasteiger partial charge in [-0.05, 0) is 56.9 Å². The van der Waals surface area contributed by atoms with Gasteiger partial charge in [0.15, 0.2) is 0 Å². The lowest BCUT2D eigenvalue weighted by Crippen LogP contribution is -2.42. The van der Waals surface area contributed by atoms with E-state index in [0.717, 1.165) is 31.8 Å². The average Bonchev–Trinajstić information content (AvgIpc) is 2.62. The van der Waals surface area contributed by atoms with Gasteiger partial charge in [-0.25, -0.2) is 0 Å². The summed E-state index contributed by atoms with van der Waals surface area (Å²) in [5, 5.41) is 0. The van der Waals surface area contributed by atoms with E-state index >= 15 is 0 Å². The molecular formula is C21H31NO. The molecule has 3 rings (SSSR count). The second-order valence-corrected chi connectivity index (χ2v) is 7.63. The molecule has 0 radical (unpaired) electrons. The number of amides is 1. The van der Waals surface area contributed by atoms with Crippen molar-refractivity contribution in [3.05, 3.63) is 35.4 Å². The highest BCUT2D eigenvalue weighted by Gasteiger charge is 2.28. The van der Waals surface area contributed by atoms with Gasteiger partial charge in [-0.3, -0.25) is 4.79 Å². The van der Waals surface area contributed by atoms with E-state index < -0.39 is 0 Å². The molecular weight excluding hydrogens is 282 g/mol. The first-order chi connectivity index (χ1) is 11.2. The van der Waals surface area contributed by atoms with E-state index in [4.69, 9.17) is 0 Å². The van der Waals surface area contributed by atoms with Gasteiger partial charge in [-0.2, -0.15) is 0 Å². The number of carbonyl (C=O) groups excluding carboxylic acids is 1. The van der Waals surface area contributed by atoms with E-state index in [0.29, 0.717) is 11.8 Å². The molecule has 1 saturated carbocycles. The maximum Gasteiger partial charge on any atom is 0.225 e. The van der Waals surface area contributed by atoms with Crippen LogP contribution in [0.15, 0.2) is 24.3 Å². The Morgan fingerprint density at radius 3 is 2.30 bits per heavy atom. The highest BCUT2D eigenvalue weighted by Crippen LogP contribution is 2.28. The topological polar surface area (TPSA) is 20.3 Å². The average molecular weight is 313 g/mol. The van der Waals surface area contributed by atoms with Crippen LogP contribution in [0.25, 0.3) is 0 Å². The Bertz CT molecular complexity index is 493. The summed E-state index contributed by atoms with van der Waals surface area (Å²) in [6.45, 7) is 4.13. The SMILES string of the molecule is Cc1ccc(CCC2CCN(C(=O)C3CCCCC3)CC2)cc1. The first kappa shape index (κ1) is 16.5. The minimum Gasteiger partial charge on any atom is -0.342 e. The lowest BCUT2D eigenvalue weighted by molar-refractivity contribution is -0.138. The van der Waals surface area contributed by atoms with Gasteiger partial charge >= 0.3 is 0 Å². The van der Waals surface area contributed by atoms with Crippen LogP contribution >= 0.6 is 0 Å². The van der Waals surface area contributed by atoms with Crippen LogP contribution in [0.3, 0.4) is 0 Å². The second-order valence-electron chi connectivity index (χ2n) is 7.63. The monoisotopic (exact) mass is 313 g/mol. The number of hydrogen-bond donors (Lipinski definition) is 0. The third kappa shape index (κ3) is 4.59. The Kier molecular flexibility index (Phi) is 5.75. The van der Waals surface area contributed by atoms with Gasteiger partial charge < -0.3 is 4.90 Å². The summed E-state index contributed by atoms with van der Waals surface area (Å²) in [6.07, 6.45) is 10.9. The zero-order chi connectivity index (χ0) is 16.1. The smallest absolute Gasteiger partial charge is 0.225 e. The summed E-state index contributed by atoms with van der Waals surface area (Å²) in [5.41, 5.74) is 2.79. The fourth-order valence-electron chi connectivity index (χ4n) is 4.18. The van der Waals surface area contributed by atoms with Crippen LogP contribution < -0.4 is 0 Å². The van der Waals surface area contributed by atoms with Crippen molar-refractivity contribution < 1.29 is 4.79 Å². The summed E-state index contributed by atoms with van der Waals surface area (Å²) >= 11 is 0. The first-order valence-corrected chi connectivity index (χ1v) is 9.57. The van der Waals surface area contributed by atoms with E-state index in [9.17, 15) is 4.79 Å². The molecule has 1 aliphatic heterocycles. The van der Waals surface area contributed by atoms with Gasteiger partial charge in [-0.1, -0.05) is 49.1 Å². The molecule has 1 aromatic rings. The highest BCUT2D eigenvalue weighted by molar-refractivity contribution is 5.79. The molecule has 0 aromatic heterocycles. The molecule has 0 N–H and O–H groups in total. The fourth-order valence-corrected chi connectivity index (χ4v) is 4.18. The van der Waals surface area contributed by atoms with Gasteiger partial charge in [0.2, 0.25) is 5.91 Å². The Hall–Kier alpha value is -1.31. The van der Waals surface area contributed by atoms with Crippen molar-refractivity contribution in [1.82, 2.24) is 4.90 Å². The molecule has 2 heteroatoms. The largest absolute Gasteiger partial charge is 0.342 e. The van der Waals surface area contributed by atoms with Crippen molar-refractivity contribution in [3.8, 4) is 0 Å². The Balaban J connectivity index is 1.41. The summed E-state index contributed by atoms with van der Waals surface area (Å²) < 4.78 is 0. The van der Waals surface area contributed by atoms with Crippen LogP contribution in [0.5, 0.6) is 0 Å². The van der Waals surface area contributed by atoms with Crippen molar-refractivity contribution >= 4 is 5.91 Å². The number of likely N-dealkylation sites (tertiary alicyclic amines) is 1. The summed E-state index contributed by atoms with van der Waals surface area (Å²) in [4.78, 5) is 14.8. The lowest BCUT2D eigenvalue weighted by atomic mass is 9.86. The van der Waals surface area contributed by atoms with E-state index in [2.05, 4.69) is 36.1 Å². The maximum absolute atomic E-state index is 12.6. The molecule has 0 atom stereocenters. The number of piperidine rings is 1. The minimum atomic E-state index is 0.341. The van der Waals surface area contributed by atoms with Gasteiger partial charge in [0.1, 0.15) is 0 Å². The quantitative estimate of drug-likeness (QED) is 0.785. The summed E-state index contributed by atoms with van der Waals surface area (Å²) in [6, 6.07) is 8.94. The molecule has 2 aliphatic rings. The normalized spacial score (nSPS) is 20.7. The molecule has 2 nitrogen and oxygen atoms in total. The van der Waals surface area contributed by atoms with E-state index in [-0.39, 0.29) is 0 Å². The Labute approximate surface area is 141 Å². The molecule has 1 heterocycles. The van der Waals surface area contributed by atoms with Gasteiger partial charge in [0, 0.05) is 19.0 Å². The third-order valence-corrected chi connectivity index (χ3v) is 5.84. The summed E-state index contributed by atoms with van der Waals surface area (Å²) in [5.74, 6) is 1.60. The van der Waals surface area contributed by atoms with Crippen molar-refractivity contribution in [2.24, 2.45) is 11.8 Å². The zero-order valence-corrected chi connectivity index (χ0v) is 14.6. The van der Waals surface area contributed by atoms with Crippen molar-refractivity contribution in [2.45, 2.75) is 64.7 Å². The fraction of sp³-hybridized carbons (Fsp3) is 0.667. The van der Waals surface area contributed by atoms with Crippen LogP contribution in [0.2, 0.25) is 0 Å². The van der Waals surface area contributed by atoms with Crippen molar-refractivity contribution in [2.75, 3.05) is 13.1 Å². The number of benzene rings is 1. The Morgan fingerprint density at radius 2 is 1.65 bits per heavy atom. The molecule has 1 saturated heterocycles. The van der Waals surface area contributed by atoms with Crippen LogP contribution in [0.1, 0.15) is 62.5 Å². The van der Waals surface area contributed by atoms with Gasteiger partial charge in [-0.15, -0.1) is 0 Å². The summed E-state index contributed by atoms with van der Waals surface area (Å²) in [7, 11) is 0. The van der Waals surface area contributed by atoms with Crippen LogP contribution in [0.4, 0.5) is 0 Å². The van der Waals surface area contributed by atoms with E-state index in [1.165, 1.54) is 56.1 Å². The first-order valence-electron chi connectivity index (χ1n) is 9.57. The molecule has 2 fully saturated rings. The molecule has 0 bridgehead atoms. The highest BCUT2D eigenvalue weighted by atomic mass is 16.2. The molecule has 1 aliphatic carbocycles. The molecule has 0 spiro atoms. The molecule has 1 amide bonds. The number of nitrogens with zero attached hydrogens (tertiary/aromatic N) is 1. The van der Waals surface area contributed by atoms with Crippen molar-refractivity contribution in [1.29, 1.82) is 0 Å². The number of carbonyl (C=O) groups is 1.